The largest absolute Gasteiger partial charge is 0.495 e. The van der Waals surface area contributed by atoms with E-state index in [0.717, 1.165) is 11.1 Å². The minimum Gasteiger partial charge on any atom is -0.495 e. The van der Waals surface area contributed by atoms with Gasteiger partial charge in [0.15, 0.2) is 0 Å². The van der Waals surface area contributed by atoms with Gasteiger partial charge in [0, 0.05) is 5.56 Å². The van der Waals surface area contributed by atoms with Crippen molar-refractivity contribution in [3.05, 3.63) is 57.9 Å². The van der Waals surface area contributed by atoms with Crippen LogP contribution in [0.25, 0.3) is 11.4 Å². The summed E-state index contributed by atoms with van der Waals surface area (Å²) in [6, 6.07) is 10.3. The van der Waals surface area contributed by atoms with Crippen LogP contribution in [0.5, 0.6) is 5.75 Å². The SMILES string of the molecule is COc1ccc(S(=O)(=O)NCc2nc(-c3cccc(C)c3)no2)c(Cl)c1Cl. The number of rotatable bonds is 6. The second kappa shape index (κ2) is 7.85. The Morgan fingerprint density at radius 1 is 1.19 bits per heavy atom. The first-order valence-electron chi connectivity index (χ1n) is 7.73. The molecule has 10 heteroatoms. The van der Waals surface area contributed by atoms with E-state index >= 15 is 0 Å². The molecule has 0 fully saturated rings. The molecule has 0 aliphatic rings. The molecule has 0 aliphatic carbocycles. The smallest absolute Gasteiger partial charge is 0.242 e. The van der Waals surface area contributed by atoms with Gasteiger partial charge in [-0.05, 0) is 25.1 Å². The van der Waals surface area contributed by atoms with E-state index in [9.17, 15) is 8.42 Å². The monoisotopic (exact) mass is 427 g/mol. The molecule has 0 aliphatic heterocycles. The van der Waals surface area contributed by atoms with E-state index < -0.39 is 10.0 Å². The van der Waals surface area contributed by atoms with E-state index in [2.05, 4.69) is 14.9 Å². The zero-order chi connectivity index (χ0) is 19.6. The number of aryl methyl sites for hydroxylation is 1. The van der Waals surface area contributed by atoms with Crippen molar-refractivity contribution in [3.63, 3.8) is 0 Å². The summed E-state index contributed by atoms with van der Waals surface area (Å²) in [6.07, 6.45) is 0. The molecule has 7 nitrogen and oxygen atoms in total. The number of hydrogen-bond donors (Lipinski definition) is 1. The van der Waals surface area contributed by atoms with Crippen molar-refractivity contribution in [1.82, 2.24) is 14.9 Å². The fourth-order valence-electron chi connectivity index (χ4n) is 2.34. The van der Waals surface area contributed by atoms with E-state index in [0.29, 0.717) is 5.82 Å². The van der Waals surface area contributed by atoms with Gasteiger partial charge in [0.2, 0.25) is 21.7 Å². The number of methoxy groups -OCH3 is 1. The number of sulfonamides is 1. The van der Waals surface area contributed by atoms with Crippen LogP contribution in [0.1, 0.15) is 11.5 Å². The van der Waals surface area contributed by atoms with Gasteiger partial charge in [0.25, 0.3) is 0 Å². The molecule has 0 amide bonds. The number of benzene rings is 2. The number of hydrogen-bond acceptors (Lipinski definition) is 6. The fraction of sp³-hybridized carbons (Fsp3) is 0.176. The van der Waals surface area contributed by atoms with Gasteiger partial charge in [-0.2, -0.15) is 4.98 Å². The highest BCUT2D eigenvalue weighted by molar-refractivity contribution is 7.89. The molecular weight excluding hydrogens is 413 g/mol. The first-order valence-corrected chi connectivity index (χ1v) is 9.97. The van der Waals surface area contributed by atoms with E-state index in [1.165, 1.54) is 19.2 Å². The van der Waals surface area contributed by atoms with E-state index in [4.69, 9.17) is 32.5 Å². The van der Waals surface area contributed by atoms with E-state index in [1.54, 1.807) is 0 Å². The van der Waals surface area contributed by atoms with Crippen LogP contribution in [-0.4, -0.2) is 25.7 Å². The maximum absolute atomic E-state index is 12.5. The van der Waals surface area contributed by atoms with Gasteiger partial charge in [-0.25, -0.2) is 13.1 Å². The Morgan fingerprint density at radius 2 is 1.96 bits per heavy atom. The van der Waals surface area contributed by atoms with Crippen molar-refractivity contribution in [1.29, 1.82) is 0 Å². The molecule has 3 aromatic rings. The Kier molecular flexibility index (Phi) is 5.71. The third kappa shape index (κ3) is 4.24. The Bertz CT molecular complexity index is 1080. The highest BCUT2D eigenvalue weighted by atomic mass is 35.5. The van der Waals surface area contributed by atoms with Crippen molar-refractivity contribution in [2.75, 3.05) is 7.11 Å². The first kappa shape index (κ1) is 19.6. The van der Waals surface area contributed by atoms with Crippen LogP contribution >= 0.6 is 23.2 Å². The molecule has 0 unspecified atom stereocenters. The third-order valence-corrected chi connectivity index (χ3v) is 6.10. The Balaban J connectivity index is 1.78. The third-order valence-electron chi connectivity index (χ3n) is 3.68. The number of ether oxygens (including phenoxy) is 1. The van der Waals surface area contributed by atoms with Gasteiger partial charge in [0.05, 0.1) is 18.7 Å². The zero-order valence-corrected chi connectivity index (χ0v) is 16.7. The fourth-order valence-corrected chi connectivity index (χ4v) is 4.15. The van der Waals surface area contributed by atoms with Gasteiger partial charge >= 0.3 is 0 Å². The molecule has 1 heterocycles. The lowest BCUT2D eigenvalue weighted by molar-refractivity contribution is 0.376. The lowest BCUT2D eigenvalue weighted by Crippen LogP contribution is -2.23. The Hall–Kier alpha value is -2.13. The van der Waals surface area contributed by atoms with Gasteiger partial charge in [-0.1, -0.05) is 52.1 Å². The number of aromatic nitrogens is 2. The molecule has 0 bridgehead atoms. The van der Waals surface area contributed by atoms with Gasteiger partial charge in [-0.3, -0.25) is 0 Å². The minimum atomic E-state index is -3.95. The average Bonchev–Trinajstić information content (AvgIpc) is 3.11. The van der Waals surface area contributed by atoms with Gasteiger partial charge in [-0.15, -0.1) is 0 Å². The second-order valence-electron chi connectivity index (χ2n) is 5.60. The average molecular weight is 428 g/mol. The van der Waals surface area contributed by atoms with Crippen LogP contribution in [0, 0.1) is 6.92 Å². The highest BCUT2D eigenvalue weighted by Crippen LogP contribution is 2.36. The minimum absolute atomic E-state index is 0.0153. The molecule has 0 atom stereocenters. The summed E-state index contributed by atoms with van der Waals surface area (Å²) in [4.78, 5) is 4.03. The molecular formula is C17H15Cl2N3O4S. The predicted molar refractivity (Wildman–Crippen MR) is 102 cm³/mol. The summed E-state index contributed by atoms with van der Waals surface area (Å²) >= 11 is 12.1. The standard InChI is InChI=1S/C17H15Cl2N3O4S/c1-10-4-3-5-11(8-10)17-21-14(26-22-17)9-20-27(23,24)13-7-6-12(25-2)15(18)16(13)19/h3-8,20H,9H2,1-2H3. The molecule has 2 aromatic carbocycles. The zero-order valence-electron chi connectivity index (χ0n) is 14.4. The molecule has 0 saturated carbocycles. The molecule has 1 N–H and O–H groups in total. The van der Waals surface area contributed by atoms with Gasteiger partial charge < -0.3 is 9.26 Å². The topological polar surface area (TPSA) is 94.3 Å². The first-order chi connectivity index (χ1) is 12.8. The van der Waals surface area contributed by atoms with Crippen LogP contribution in [0.4, 0.5) is 0 Å². The normalized spacial score (nSPS) is 11.6. The van der Waals surface area contributed by atoms with Crippen molar-refractivity contribution in [2.24, 2.45) is 0 Å². The molecule has 1 aromatic heterocycles. The van der Waals surface area contributed by atoms with Crippen molar-refractivity contribution in [3.8, 4) is 17.1 Å². The number of halogens is 2. The Labute approximate surface area is 166 Å². The summed E-state index contributed by atoms with van der Waals surface area (Å²) in [6.45, 7) is 1.75. The summed E-state index contributed by atoms with van der Waals surface area (Å²) < 4.78 is 37.5. The van der Waals surface area contributed by atoms with E-state index in [1.807, 2.05) is 31.2 Å². The summed E-state index contributed by atoms with van der Waals surface area (Å²) in [7, 11) is -2.54. The lowest BCUT2D eigenvalue weighted by atomic mass is 10.1. The predicted octanol–water partition coefficient (Wildman–Crippen LogP) is 3.84. The lowest BCUT2D eigenvalue weighted by Gasteiger charge is -2.10. The summed E-state index contributed by atoms with van der Waals surface area (Å²) in [5.41, 5.74) is 1.82. The maximum atomic E-state index is 12.5. The van der Waals surface area contributed by atoms with Gasteiger partial charge in [0.1, 0.15) is 15.7 Å². The van der Waals surface area contributed by atoms with Crippen LogP contribution in [0.15, 0.2) is 45.8 Å². The van der Waals surface area contributed by atoms with Crippen LogP contribution < -0.4 is 9.46 Å². The quantitative estimate of drug-likeness (QED) is 0.641. The summed E-state index contributed by atoms with van der Waals surface area (Å²) in [5.74, 6) is 0.768. The molecule has 0 spiro atoms. The van der Waals surface area contributed by atoms with Crippen LogP contribution in [0.3, 0.4) is 0 Å². The van der Waals surface area contributed by atoms with Crippen molar-refractivity contribution < 1.29 is 17.7 Å². The molecule has 142 valence electrons. The molecule has 27 heavy (non-hydrogen) atoms. The van der Waals surface area contributed by atoms with E-state index in [-0.39, 0.29) is 33.1 Å². The highest BCUT2D eigenvalue weighted by Gasteiger charge is 2.22. The molecule has 3 rings (SSSR count). The number of nitrogens with one attached hydrogen (secondary N) is 1. The summed E-state index contributed by atoms with van der Waals surface area (Å²) in [5, 5.41) is 3.76. The molecule has 0 saturated heterocycles. The Morgan fingerprint density at radius 3 is 2.67 bits per heavy atom. The van der Waals surface area contributed by atoms with Crippen LogP contribution in [-0.2, 0) is 16.6 Å². The number of nitrogens with zero attached hydrogens (tertiary/aromatic N) is 2. The maximum Gasteiger partial charge on any atom is 0.242 e. The molecule has 0 radical (unpaired) electrons. The van der Waals surface area contributed by atoms with Crippen molar-refractivity contribution in [2.45, 2.75) is 18.4 Å². The van der Waals surface area contributed by atoms with Crippen LogP contribution in [0.2, 0.25) is 10.0 Å². The van der Waals surface area contributed by atoms with Crippen molar-refractivity contribution >= 4 is 33.2 Å². The second-order valence-corrected chi connectivity index (χ2v) is 8.09.